The molecule has 0 saturated carbocycles. The van der Waals surface area contributed by atoms with Gasteiger partial charge in [0.1, 0.15) is 0 Å². The molecule has 0 aliphatic carbocycles. The molecule has 31 heavy (non-hydrogen) atoms. The second kappa shape index (κ2) is 9.98. The Hall–Kier alpha value is -3.54. The van der Waals surface area contributed by atoms with Crippen LogP contribution in [0.2, 0.25) is 0 Å². The van der Waals surface area contributed by atoms with Crippen LogP contribution in [0.25, 0.3) is 11.3 Å². The van der Waals surface area contributed by atoms with Crippen LogP contribution < -0.4 is 9.64 Å². The van der Waals surface area contributed by atoms with Gasteiger partial charge in [0.15, 0.2) is 5.78 Å². The summed E-state index contributed by atoms with van der Waals surface area (Å²) < 4.78 is 5.05. The smallest absolute Gasteiger partial charge is 0.226 e. The molecule has 3 aromatic rings. The third-order valence-electron chi connectivity index (χ3n) is 5.26. The summed E-state index contributed by atoms with van der Waals surface area (Å²) in [5.41, 5.74) is 5.19. The summed E-state index contributed by atoms with van der Waals surface area (Å²) in [6.45, 7) is 3.83. The molecule has 1 aromatic carbocycles. The molecule has 0 N–H and O–H groups in total. The molecule has 2 heterocycles. The number of hydrogen-bond donors (Lipinski definition) is 0. The number of amides is 1. The Bertz CT molecular complexity index is 1060. The Morgan fingerprint density at radius 2 is 1.84 bits per heavy atom. The summed E-state index contributed by atoms with van der Waals surface area (Å²) in [6, 6.07) is 13.3. The number of anilines is 1. The molecule has 3 rings (SSSR count). The minimum Gasteiger partial charge on any atom is -0.481 e. The molecule has 2 aromatic heterocycles. The van der Waals surface area contributed by atoms with Gasteiger partial charge in [-0.1, -0.05) is 19.1 Å². The van der Waals surface area contributed by atoms with Crippen LogP contribution in [0.3, 0.4) is 0 Å². The molecule has 0 bridgehead atoms. The van der Waals surface area contributed by atoms with Crippen molar-refractivity contribution < 1.29 is 14.3 Å². The van der Waals surface area contributed by atoms with E-state index in [-0.39, 0.29) is 11.7 Å². The molecule has 0 unspecified atom stereocenters. The van der Waals surface area contributed by atoms with E-state index >= 15 is 0 Å². The first-order valence-electron chi connectivity index (χ1n) is 10.3. The van der Waals surface area contributed by atoms with Gasteiger partial charge in [0.25, 0.3) is 0 Å². The highest BCUT2D eigenvalue weighted by molar-refractivity contribution is 5.96. The number of carbonyl (C=O) groups is 2. The number of nitrogens with zero attached hydrogens (tertiary/aromatic N) is 3. The topological polar surface area (TPSA) is 72.4 Å². The summed E-state index contributed by atoms with van der Waals surface area (Å²) >= 11 is 0. The zero-order valence-corrected chi connectivity index (χ0v) is 18.4. The van der Waals surface area contributed by atoms with Crippen molar-refractivity contribution in [2.24, 2.45) is 0 Å². The number of rotatable bonds is 8. The summed E-state index contributed by atoms with van der Waals surface area (Å²) in [5.74, 6) is 0.671. The molecular weight excluding hydrogens is 390 g/mol. The van der Waals surface area contributed by atoms with E-state index in [0.29, 0.717) is 30.7 Å². The maximum atomic E-state index is 12.5. The molecular formula is C25H27N3O3. The number of benzene rings is 1. The van der Waals surface area contributed by atoms with E-state index in [4.69, 9.17) is 4.74 Å². The lowest BCUT2D eigenvalue weighted by molar-refractivity contribution is -0.118. The van der Waals surface area contributed by atoms with Gasteiger partial charge in [-0.25, -0.2) is 4.98 Å². The normalized spacial score (nSPS) is 10.6. The molecule has 0 aliphatic heterocycles. The number of carbonyl (C=O) groups excluding carboxylic acids is 2. The van der Waals surface area contributed by atoms with Crippen molar-refractivity contribution in [3.63, 3.8) is 0 Å². The van der Waals surface area contributed by atoms with E-state index in [1.54, 1.807) is 37.5 Å². The molecule has 1 amide bonds. The van der Waals surface area contributed by atoms with E-state index in [1.165, 1.54) is 0 Å². The van der Waals surface area contributed by atoms with E-state index < -0.39 is 0 Å². The van der Waals surface area contributed by atoms with Crippen LogP contribution in [0.15, 0.2) is 54.9 Å². The molecule has 0 aliphatic rings. The number of aromatic nitrogens is 2. The number of pyridine rings is 2. The molecule has 6 nitrogen and oxygen atoms in total. The van der Waals surface area contributed by atoms with E-state index in [1.807, 2.05) is 50.2 Å². The van der Waals surface area contributed by atoms with Crippen LogP contribution in [-0.2, 0) is 11.2 Å². The second-order valence-electron chi connectivity index (χ2n) is 7.37. The Labute approximate surface area is 182 Å². The predicted octanol–water partition coefficient (Wildman–Crippen LogP) is 4.65. The standard InChI is InChI=1S/C25H27N3O3/c1-5-25(30)28(3)22-11-9-19(14-17(22)2)21-10-8-20(16-26-21)23(29)12-6-18-7-13-24(31-4)27-15-18/h7-11,13-16H,5-6,12H2,1-4H3. The van der Waals surface area contributed by atoms with E-state index in [0.717, 1.165) is 28.1 Å². The van der Waals surface area contributed by atoms with Crippen molar-refractivity contribution >= 4 is 17.4 Å². The van der Waals surface area contributed by atoms with Crippen LogP contribution in [0, 0.1) is 6.92 Å². The van der Waals surface area contributed by atoms with Crippen molar-refractivity contribution in [3.8, 4) is 17.1 Å². The minimum atomic E-state index is 0.0427. The monoisotopic (exact) mass is 417 g/mol. The molecule has 0 saturated heterocycles. The summed E-state index contributed by atoms with van der Waals surface area (Å²) in [7, 11) is 3.36. The van der Waals surface area contributed by atoms with E-state index in [2.05, 4.69) is 9.97 Å². The number of hydrogen-bond acceptors (Lipinski definition) is 5. The molecule has 0 radical (unpaired) electrons. The third-order valence-corrected chi connectivity index (χ3v) is 5.26. The van der Waals surface area contributed by atoms with Crippen LogP contribution in [0.4, 0.5) is 5.69 Å². The molecule has 6 heteroatoms. The summed E-state index contributed by atoms with van der Waals surface area (Å²) in [5, 5.41) is 0. The highest BCUT2D eigenvalue weighted by atomic mass is 16.5. The van der Waals surface area contributed by atoms with Gasteiger partial charge in [-0.05, 0) is 48.7 Å². The third kappa shape index (κ3) is 5.34. The number of Topliss-reactive ketones (excluding diaryl/α,β-unsaturated/α-hetero) is 1. The van der Waals surface area contributed by atoms with Crippen molar-refractivity contribution in [3.05, 3.63) is 71.5 Å². The van der Waals surface area contributed by atoms with Gasteiger partial charge in [0.05, 0.1) is 12.8 Å². The minimum absolute atomic E-state index is 0.0427. The fraction of sp³-hybridized carbons (Fsp3) is 0.280. The number of ether oxygens (including phenoxy) is 1. The van der Waals surface area contributed by atoms with Gasteiger partial charge in [0, 0.05) is 55.2 Å². The molecule has 0 fully saturated rings. The summed E-state index contributed by atoms with van der Waals surface area (Å²) in [6.07, 6.45) is 4.82. The van der Waals surface area contributed by atoms with Crippen LogP contribution >= 0.6 is 0 Å². The predicted molar refractivity (Wildman–Crippen MR) is 122 cm³/mol. The van der Waals surface area contributed by atoms with Crippen molar-refractivity contribution in [1.29, 1.82) is 0 Å². The maximum absolute atomic E-state index is 12.5. The SMILES string of the molecule is CCC(=O)N(C)c1ccc(-c2ccc(C(=O)CCc3ccc(OC)nc3)cn2)cc1C. The summed E-state index contributed by atoms with van der Waals surface area (Å²) in [4.78, 5) is 34.8. The van der Waals surface area contributed by atoms with E-state index in [9.17, 15) is 9.59 Å². The fourth-order valence-corrected chi connectivity index (χ4v) is 3.37. The van der Waals surface area contributed by atoms with Gasteiger partial charge in [-0.3, -0.25) is 14.6 Å². The number of aryl methyl sites for hydroxylation is 2. The zero-order valence-electron chi connectivity index (χ0n) is 18.4. The fourth-order valence-electron chi connectivity index (χ4n) is 3.37. The molecule has 0 spiro atoms. The quantitative estimate of drug-likeness (QED) is 0.499. The van der Waals surface area contributed by atoms with Crippen molar-refractivity contribution in [2.75, 3.05) is 19.1 Å². The van der Waals surface area contributed by atoms with Gasteiger partial charge >= 0.3 is 0 Å². The lowest BCUT2D eigenvalue weighted by Gasteiger charge is -2.19. The van der Waals surface area contributed by atoms with Crippen LogP contribution in [-0.4, -0.2) is 35.8 Å². The molecule has 160 valence electrons. The largest absolute Gasteiger partial charge is 0.481 e. The Morgan fingerprint density at radius 1 is 1.03 bits per heavy atom. The first kappa shape index (κ1) is 22.2. The lowest BCUT2D eigenvalue weighted by Crippen LogP contribution is -2.25. The Morgan fingerprint density at radius 3 is 2.42 bits per heavy atom. The van der Waals surface area contributed by atoms with Gasteiger partial charge in [-0.2, -0.15) is 0 Å². The number of methoxy groups -OCH3 is 1. The number of ketones is 1. The van der Waals surface area contributed by atoms with Gasteiger partial charge in [0.2, 0.25) is 11.8 Å². The van der Waals surface area contributed by atoms with Crippen LogP contribution in [0.1, 0.15) is 41.3 Å². The Balaban J connectivity index is 1.67. The zero-order chi connectivity index (χ0) is 22.4. The highest BCUT2D eigenvalue weighted by Gasteiger charge is 2.13. The van der Waals surface area contributed by atoms with Crippen molar-refractivity contribution in [1.82, 2.24) is 9.97 Å². The lowest BCUT2D eigenvalue weighted by atomic mass is 10.0. The average molecular weight is 418 g/mol. The average Bonchev–Trinajstić information content (AvgIpc) is 2.81. The highest BCUT2D eigenvalue weighted by Crippen LogP contribution is 2.26. The maximum Gasteiger partial charge on any atom is 0.226 e. The first-order chi connectivity index (χ1) is 14.9. The molecule has 0 atom stereocenters. The van der Waals surface area contributed by atoms with Gasteiger partial charge in [-0.15, -0.1) is 0 Å². The van der Waals surface area contributed by atoms with Gasteiger partial charge < -0.3 is 9.64 Å². The first-order valence-corrected chi connectivity index (χ1v) is 10.3. The second-order valence-corrected chi connectivity index (χ2v) is 7.37. The Kier molecular flexibility index (Phi) is 7.13. The van der Waals surface area contributed by atoms with Crippen molar-refractivity contribution in [2.45, 2.75) is 33.1 Å². The van der Waals surface area contributed by atoms with Crippen LogP contribution in [0.5, 0.6) is 5.88 Å².